The first-order chi connectivity index (χ1) is 7.09. The lowest BCUT2D eigenvalue weighted by molar-refractivity contribution is 0.623. The Bertz CT molecular complexity index is 431. The van der Waals surface area contributed by atoms with Crippen molar-refractivity contribution in [3.63, 3.8) is 0 Å². The van der Waals surface area contributed by atoms with Gasteiger partial charge >= 0.3 is 0 Å². The molecule has 0 bridgehead atoms. The van der Waals surface area contributed by atoms with E-state index < -0.39 is 0 Å². The van der Waals surface area contributed by atoms with Crippen LogP contribution < -0.4 is 5.73 Å². The molecule has 0 aromatic heterocycles. The van der Waals surface area contributed by atoms with Crippen LogP contribution in [0.5, 0.6) is 0 Å². The molecule has 1 aliphatic rings. The van der Waals surface area contributed by atoms with E-state index in [-0.39, 0.29) is 16.9 Å². The Balaban J connectivity index is 2.46. The summed E-state index contributed by atoms with van der Waals surface area (Å²) in [5, 5.41) is 0.133. The summed E-state index contributed by atoms with van der Waals surface area (Å²) in [5.74, 6) is -0.369. The average Bonchev–Trinajstić information content (AvgIpc) is 2.61. The van der Waals surface area contributed by atoms with Crippen LogP contribution >= 0.6 is 27.5 Å². The van der Waals surface area contributed by atoms with Crippen LogP contribution in [0, 0.1) is 5.82 Å². The lowest BCUT2D eigenvalue weighted by atomic mass is 10.1. The Morgan fingerprint density at radius 3 is 2.80 bits per heavy atom. The SMILES string of the molecule is NC1C=C(c2ccc(Br)c(Cl)c2F)CC1. The number of rotatable bonds is 1. The largest absolute Gasteiger partial charge is 0.324 e. The molecule has 1 unspecified atom stereocenters. The van der Waals surface area contributed by atoms with E-state index in [1.165, 1.54) is 0 Å². The Kier molecular flexibility index (Phi) is 3.14. The maximum Gasteiger partial charge on any atom is 0.150 e. The van der Waals surface area contributed by atoms with Crippen molar-refractivity contribution < 1.29 is 4.39 Å². The second kappa shape index (κ2) is 4.24. The quantitative estimate of drug-likeness (QED) is 0.783. The zero-order valence-electron chi connectivity index (χ0n) is 7.93. The maximum absolute atomic E-state index is 13.8. The van der Waals surface area contributed by atoms with Gasteiger partial charge in [-0.25, -0.2) is 4.39 Å². The summed E-state index contributed by atoms with van der Waals surface area (Å²) in [4.78, 5) is 0. The number of hydrogen-bond acceptors (Lipinski definition) is 1. The molecule has 1 nitrogen and oxygen atoms in total. The molecule has 0 amide bonds. The van der Waals surface area contributed by atoms with Gasteiger partial charge in [-0.1, -0.05) is 23.7 Å². The molecule has 1 atom stereocenters. The van der Waals surface area contributed by atoms with Crippen molar-refractivity contribution in [1.29, 1.82) is 0 Å². The lowest BCUT2D eigenvalue weighted by Crippen LogP contribution is -2.11. The number of halogens is 3. The van der Waals surface area contributed by atoms with Crippen molar-refractivity contribution in [2.45, 2.75) is 18.9 Å². The van der Waals surface area contributed by atoms with E-state index in [0.717, 1.165) is 18.4 Å². The van der Waals surface area contributed by atoms with Crippen LogP contribution in [0.4, 0.5) is 4.39 Å². The van der Waals surface area contributed by atoms with E-state index in [0.29, 0.717) is 10.0 Å². The molecule has 2 N–H and O–H groups in total. The molecule has 0 saturated heterocycles. The summed E-state index contributed by atoms with van der Waals surface area (Å²) < 4.78 is 14.4. The molecule has 1 aromatic carbocycles. The number of benzene rings is 1. The molecule has 4 heteroatoms. The van der Waals surface area contributed by atoms with Crippen molar-refractivity contribution >= 4 is 33.1 Å². The average molecular weight is 291 g/mol. The highest BCUT2D eigenvalue weighted by Gasteiger charge is 2.18. The van der Waals surface area contributed by atoms with E-state index in [9.17, 15) is 4.39 Å². The third-order valence-electron chi connectivity index (χ3n) is 2.54. The molecular weight excluding hydrogens is 280 g/mol. The second-order valence-corrected chi connectivity index (χ2v) is 4.85. The van der Waals surface area contributed by atoms with Crippen molar-refractivity contribution in [3.05, 3.63) is 39.1 Å². The molecule has 2 rings (SSSR count). The summed E-state index contributed by atoms with van der Waals surface area (Å²) in [5.41, 5.74) is 7.26. The smallest absolute Gasteiger partial charge is 0.150 e. The summed E-state index contributed by atoms with van der Waals surface area (Å²) in [6.45, 7) is 0. The van der Waals surface area contributed by atoms with Gasteiger partial charge in [-0.3, -0.25) is 0 Å². The molecule has 0 spiro atoms. The van der Waals surface area contributed by atoms with Gasteiger partial charge < -0.3 is 5.73 Å². The molecule has 0 fully saturated rings. The molecular formula is C11H10BrClFN. The fraction of sp³-hybridized carbons (Fsp3) is 0.273. The van der Waals surface area contributed by atoms with Crippen LogP contribution in [0.3, 0.4) is 0 Å². The third kappa shape index (κ3) is 2.10. The normalized spacial score (nSPS) is 20.5. The van der Waals surface area contributed by atoms with E-state index in [4.69, 9.17) is 17.3 Å². The van der Waals surface area contributed by atoms with Crippen LogP contribution in [0.2, 0.25) is 5.02 Å². The first kappa shape index (κ1) is 11.1. The maximum atomic E-state index is 13.8. The van der Waals surface area contributed by atoms with Gasteiger partial charge in [0, 0.05) is 16.1 Å². The number of hydrogen-bond donors (Lipinski definition) is 1. The van der Waals surface area contributed by atoms with E-state index in [1.807, 2.05) is 6.08 Å². The van der Waals surface area contributed by atoms with Gasteiger partial charge in [0.2, 0.25) is 0 Å². The summed E-state index contributed by atoms with van der Waals surface area (Å²) in [6, 6.07) is 3.53. The van der Waals surface area contributed by atoms with Crippen LogP contribution in [-0.2, 0) is 0 Å². The predicted octanol–water partition coefficient (Wildman–Crippen LogP) is 3.75. The van der Waals surface area contributed by atoms with Crippen LogP contribution in [0.15, 0.2) is 22.7 Å². The molecule has 0 aliphatic heterocycles. The van der Waals surface area contributed by atoms with Crippen LogP contribution in [0.25, 0.3) is 5.57 Å². The Morgan fingerprint density at radius 2 is 2.20 bits per heavy atom. The highest BCUT2D eigenvalue weighted by molar-refractivity contribution is 9.10. The van der Waals surface area contributed by atoms with Crippen LogP contribution in [-0.4, -0.2) is 6.04 Å². The fourth-order valence-electron chi connectivity index (χ4n) is 1.75. The van der Waals surface area contributed by atoms with Gasteiger partial charge in [0.1, 0.15) is 5.82 Å². The Labute approximate surface area is 101 Å². The van der Waals surface area contributed by atoms with Gasteiger partial charge in [-0.2, -0.15) is 0 Å². The van der Waals surface area contributed by atoms with E-state index in [1.54, 1.807) is 12.1 Å². The van der Waals surface area contributed by atoms with Gasteiger partial charge in [0.15, 0.2) is 0 Å². The summed E-state index contributed by atoms with van der Waals surface area (Å²) >= 11 is 9.00. The Morgan fingerprint density at radius 1 is 1.47 bits per heavy atom. The predicted molar refractivity (Wildman–Crippen MR) is 64.3 cm³/mol. The second-order valence-electron chi connectivity index (χ2n) is 3.62. The number of allylic oxidation sites excluding steroid dienone is 1. The minimum Gasteiger partial charge on any atom is -0.324 e. The minimum absolute atomic E-state index is 0.0434. The highest BCUT2D eigenvalue weighted by Crippen LogP contribution is 2.34. The fourth-order valence-corrected chi connectivity index (χ4v) is 2.22. The zero-order valence-corrected chi connectivity index (χ0v) is 10.3. The lowest BCUT2D eigenvalue weighted by Gasteiger charge is -2.06. The standard InChI is InChI=1S/C11H10BrClFN/c12-9-4-3-8(11(14)10(9)13)6-1-2-7(15)5-6/h3-5,7H,1-2,15H2. The van der Waals surface area contributed by atoms with Gasteiger partial charge in [-0.15, -0.1) is 0 Å². The van der Waals surface area contributed by atoms with Gasteiger partial charge in [0.05, 0.1) is 5.02 Å². The van der Waals surface area contributed by atoms with E-state index >= 15 is 0 Å². The first-order valence-electron chi connectivity index (χ1n) is 4.69. The first-order valence-corrected chi connectivity index (χ1v) is 5.87. The summed E-state index contributed by atoms with van der Waals surface area (Å²) in [7, 11) is 0. The molecule has 1 aromatic rings. The van der Waals surface area contributed by atoms with Crippen molar-refractivity contribution in [3.8, 4) is 0 Å². The molecule has 0 radical (unpaired) electrons. The zero-order chi connectivity index (χ0) is 11.0. The molecule has 1 aliphatic carbocycles. The van der Waals surface area contributed by atoms with Gasteiger partial charge in [0.25, 0.3) is 0 Å². The molecule has 0 heterocycles. The molecule has 15 heavy (non-hydrogen) atoms. The van der Waals surface area contributed by atoms with Crippen LogP contribution in [0.1, 0.15) is 18.4 Å². The monoisotopic (exact) mass is 289 g/mol. The topological polar surface area (TPSA) is 26.0 Å². The Hall–Kier alpha value is -0.380. The number of nitrogens with two attached hydrogens (primary N) is 1. The molecule has 0 saturated carbocycles. The summed E-state index contributed by atoms with van der Waals surface area (Å²) in [6.07, 6.45) is 3.60. The van der Waals surface area contributed by atoms with Crippen molar-refractivity contribution in [2.75, 3.05) is 0 Å². The minimum atomic E-state index is -0.369. The molecule has 80 valence electrons. The van der Waals surface area contributed by atoms with Gasteiger partial charge in [-0.05, 0) is 40.4 Å². The van der Waals surface area contributed by atoms with Crippen molar-refractivity contribution in [1.82, 2.24) is 0 Å². The third-order valence-corrected chi connectivity index (χ3v) is 3.80. The van der Waals surface area contributed by atoms with E-state index in [2.05, 4.69) is 15.9 Å². The van der Waals surface area contributed by atoms with Crippen molar-refractivity contribution in [2.24, 2.45) is 5.73 Å². The highest BCUT2D eigenvalue weighted by atomic mass is 79.9.